The molecule has 6 heteroatoms. The standard InChI is InChI=1S/C14H16N2O4/c17-8-10(18)7-16-13(19)11-5-1-3-9-4-2-6-15(12(9)11)14(16)20/h1,3,5,10,17-18H,2,4,6-8H2. The first-order chi connectivity index (χ1) is 9.63. The van der Waals surface area contributed by atoms with Crippen LogP contribution in [0.2, 0.25) is 0 Å². The van der Waals surface area contributed by atoms with Crippen LogP contribution in [-0.4, -0.2) is 32.1 Å². The van der Waals surface area contributed by atoms with Crippen molar-refractivity contribution in [3.05, 3.63) is 44.6 Å². The van der Waals surface area contributed by atoms with Gasteiger partial charge in [-0.2, -0.15) is 0 Å². The number of rotatable bonds is 3. The number of nitrogens with zero attached hydrogens (tertiary/aromatic N) is 2. The summed E-state index contributed by atoms with van der Waals surface area (Å²) >= 11 is 0. The van der Waals surface area contributed by atoms with E-state index >= 15 is 0 Å². The monoisotopic (exact) mass is 276 g/mol. The molecule has 0 fully saturated rings. The second-order valence-electron chi connectivity index (χ2n) is 5.10. The van der Waals surface area contributed by atoms with Crippen LogP contribution in [0.5, 0.6) is 0 Å². The number of hydrogen-bond acceptors (Lipinski definition) is 4. The van der Waals surface area contributed by atoms with Gasteiger partial charge in [0.2, 0.25) is 0 Å². The minimum Gasteiger partial charge on any atom is -0.394 e. The van der Waals surface area contributed by atoms with Gasteiger partial charge in [0.25, 0.3) is 5.56 Å². The number of aliphatic hydroxyl groups excluding tert-OH is 2. The highest BCUT2D eigenvalue weighted by Gasteiger charge is 2.19. The van der Waals surface area contributed by atoms with E-state index in [0.717, 1.165) is 23.0 Å². The fourth-order valence-corrected chi connectivity index (χ4v) is 2.82. The summed E-state index contributed by atoms with van der Waals surface area (Å²) in [5, 5.41) is 18.9. The van der Waals surface area contributed by atoms with Gasteiger partial charge in [0, 0.05) is 6.54 Å². The van der Waals surface area contributed by atoms with E-state index < -0.39 is 24.0 Å². The lowest BCUT2D eigenvalue weighted by Gasteiger charge is -2.21. The fourth-order valence-electron chi connectivity index (χ4n) is 2.82. The third-order valence-corrected chi connectivity index (χ3v) is 3.76. The molecule has 1 atom stereocenters. The summed E-state index contributed by atoms with van der Waals surface area (Å²) in [6.07, 6.45) is 0.601. The molecule has 1 aromatic heterocycles. The van der Waals surface area contributed by atoms with E-state index in [1.807, 2.05) is 12.1 Å². The van der Waals surface area contributed by atoms with Crippen LogP contribution in [0.3, 0.4) is 0 Å². The Morgan fingerprint density at radius 2 is 2.10 bits per heavy atom. The van der Waals surface area contributed by atoms with Crippen molar-refractivity contribution in [2.45, 2.75) is 32.0 Å². The van der Waals surface area contributed by atoms with Crippen LogP contribution in [0.4, 0.5) is 0 Å². The molecule has 2 heterocycles. The Morgan fingerprint density at radius 1 is 1.30 bits per heavy atom. The maximum absolute atomic E-state index is 12.4. The molecule has 1 aliphatic rings. The highest BCUT2D eigenvalue weighted by atomic mass is 16.3. The Balaban J connectivity index is 2.34. The third kappa shape index (κ3) is 1.88. The molecule has 0 aliphatic carbocycles. The largest absolute Gasteiger partial charge is 0.394 e. The van der Waals surface area contributed by atoms with Gasteiger partial charge in [-0.15, -0.1) is 0 Å². The van der Waals surface area contributed by atoms with Gasteiger partial charge >= 0.3 is 5.69 Å². The Bertz CT molecular complexity index is 775. The van der Waals surface area contributed by atoms with Crippen LogP contribution in [0, 0.1) is 0 Å². The molecule has 0 saturated carbocycles. The lowest BCUT2D eigenvalue weighted by Crippen LogP contribution is -2.44. The molecule has 0 radical (unpaired) electrons. The van der Waals surface area contributed by atoms with Gasteiger partial charge in [0.1, 0.15) is 0 Å². The summed E-state index contributed by atoms with van der Waals surface area (Å²) in [5.74, 6) is 0. The average molecular weight is 276 g/mol. The van der Waals surface area contributed by atoms with Crippen LogP contribution in [0.25, 0.3) is 10.9 Å². The predicted octanol–water partition coefficient (Wildman–Crippen LogP) is -0.537. The zero-order valence-electron chi connectivity index (χ0n) is 11.0. The average Bonchev–Trinajstić information content (AvgIpc) is 2.48. The zero-order valence-corrected chi connectivity index (χ0v) is 11.0. The third-order valence-electron chi connectivity index (χ3n) is 3.76. The summed E-state index contributed by atoms with van der Waals surface area (Å²) in [5.41, 5.74) is 0.904. The zero-order chi connectivity index (χ0) is 14.3. The van der Waals surface area contributed by atoms with Crippen LogP contribution >= 0.6 is 0 Å². The Kier molecular flexibility index (Phi) is 3.19. The minimum absolute atomic E-state index is 0.186. The number of aliphatic hydroxyl groups is 2. The Labute approximate surface area is 114 Å². The van der Waals surface area contributed by atoms with E-state index in [4.69, 9.17) is 5.11 Å². The van der Waals surface area contributed by atoms with Gasteiger partial charge in [-0.25, -0.2) is 4.79 Å². The van der Waals surface area contributed by atoms with Crippen molar-refractivity contribution >= 4 is 10.9 Å². The van der Waals surface area contributed by atoms with Crippen LogP contribution in [0.15, 0.2) is 27.8 Å². The maximum atomic E-state index is 12.4. The number of benzene rings is 1. The van der Waals surface area contributed by atoms with Crippen LogP contribution in [-0.2, 0) is 19.5 Å². The van der Waals surface area contributed by atoms with E-state index in [0.29, 0.717) is 17.4 Å². The van der Waals surface area contributed by atoms with E-state index in [9.17, 15) is 14.7 Å². The second kappa shape index (κ2) is 4.88. The summed E-state index contributed by atoms with van der Waals surface area (Å²) in [6, 6.07) is 5.44. The molecule has 1 aliphatic heterocycles. The molecule has 2 N–H and O–H groups in total. The first-order valence-electron chi connectivity index (χ1n) is 6.67. The van der Waals surface area contributed by atoms with E-state index in [-0.39, 0.29) is 6.54 Å². The molecule has 0 bridgehead atoms. The second-order valence-corrected chi connectivity index (χ2v) is 5.10. The molecule has 0 spiro atoms. The highest BCUT2D eigenvalue weighted by molar-refractivity contribution is 5.81. The van der Waals surface area contributed by atoms with Crippen molar-refractivity contribution in [2.75, 3.05) is 6.61 Å². The van der Waals surface area contributed by atoms with Gasteiger partial charge in [0.15, 0.2) is 0 Å². The number of para-hydroxylation sites is 1. The minimum atomic E-state index is -1.11. The lowest BCUT2D eigenvalue weighted by atomic mass is 10.0. The van der Waals surface area contributed by atoms with Crippen LogP contribution in [0.1, 0.15) is 12.0 Å². The summed E-state index contributed by atoms with van der Waals surface area (Å²) in [6.45, 7) is -0.0971. The topological polar surface area (TPSA) is 84.5 Å². The van der Waals surface area contributed by atoms with Gasteiger partial charge in [-0.05, 0) is 24.5 Å². The van der Waals surface area contributed by atoms with Crippen molar-refractivity contribution in [2.24, 2.45) is 0 Å². The molecule has 0 saturated heterocycles. The summed E-state index contributed by atoms with van der Waals surface area (Å²) in [7, 11) is 0. The fraction of sp³-hybridized carbons (Fsp3) is 0.429. The molecule has 106 valence electrons. The van der Waals surface area contributed by atoms with Crippen LogP contribution < -0.4 is 11.2 Å². The Hall–Kier alpha value is -1.92. The smallest absolute Gasteiger partial charge is 0.331 e. The quantitative estimate of drug-likeness (QED) is 0.789. The van der Waals surface area contributed by atoms with Crippen molar-refractivity contribution in [3.63, 3.8) is 0 Å². The van der Waals surface area contributed by atoms with E-state index in [1.54, 1.807) is 10.6 Å². The van der Waals surface area contributed by atoms with Crippen molar-refractivity contribution < 1.29 is 10.2 Å². The highest BCUT2D eigenvalue weighted by Crippen LogP contribution is 2.20. The lowest BCUT2D eigenvalue weighted by molar-refractivity contribution is 0.0790. The summed E-state index contributed by atoms with van der Waals surface area (Å²) in [4.78, 5) is 24.8. The molecule has 0 amide bonds. The maximum Gasteiger partial charge on any atom is 0.331 e. The summed E-state index contributed by atoms with van der Waals surface area (Å²) < 4.78 is 2.61. The van der Waals surface area contributed by atoms with Gasteiger partial charge < -0.3 is 10.2 Å². The SMILES string of the molecule is O=c1c2cccc3c2n(c(=O)n1CC(O)CO)CCC3. The van der Waals surface area contributed by atoms with E-state index in [2.05, 4.69) is 0 Å². The number of aryl methyl sites for hydroxylation is 2. The van der Waals surface area contributed by atoms with Gasteiger partial charge in [-0.1, -0.05) is 12.1 Å². The first-order valence-corrected chi connectivity index (χ1v) is 6.67. The van der Waals surface area contributed by atoms with Gasteiger partial charge in [-0.3, -0.25) is 13.9 Å². The molecule has 3 rings (SSSR count). The normalized spacial score (nSPS) is 15.5. The van der Waals surface area contributed by atoms with Crippen molar-refractivity contribution in [1.29, 1.82) is 0 Å². The number of hydrogen-bond donors (Lipinski definition) is 2. The molecule has 2 aromatic rings. The molecular formula is C14H16N2O4. The molecule has 20 heavy (non-hydrogen) atoms. The van der Waals surface area contributed by atoms with Crippen molar-refractivity contribution in [3.8, 4) is 0 Å². The number of aromatic nitrogens is 2. The van der Waals surface area contributed by atoms with Crippen molar-refractivity contribution in [1.82, 2.24) is 9.13 Å². The molecule has 1 unspecified atom stereocenters. The Morgan fingerprint density at radius 3 is 2.85 bits per heavy atom. The molecule has 1 aromatic carbocycles. The molecular weight excluding hydrogens is 260 g/mol. The van der Waals surface area contributed by atoms with E-state index in [1.165, 1.54) is 0 Å². The predicted molar refractivity (Wildman–Crippen MR) is 73.9 cm³/mol. The first kappa shape index (κ1) is 13.1. The van der Waals surface area contributed by atoms with Gasteiger partial charge in [0.05, 0.1) is 30.2 Å². The molecule has 6 nitrogen and oxygen atoms in total.